The van der Waals surface area contributed by atoms with Crippen LogP contribution in [0.3, 0.4) is 0 Å². The van der Waals surface area contributed by atoms with Crippen LogP contribution in [0.1, 0.15) is 18.1 Å². The van der Waals surface area contributed by atoms with Gasteiger partial charge in [0.1, 0.15) is 5.75 Å². The van der Waals surface area contributed by atoms with Crippen molar-refractivity contribution in [2.75, 3.05) is 27.2 Å². The molecule has 0 unspecified atom stereocenters. The second-order valence-corrected chi connectivity index (χ2v) is 4.80. The lowest BCUT2D eigenvalue weighted by molar-refractivity contribution is 0.357. The van der Waals surface area contributed by atoms with Crippen molar-refractivity contribution in [1.82, 2.24) is 9.88 Å². The summed E-state index contributed by atoms with van der Waals surface area (Å²) in [6, 6.07) is 4.22. The first kappa shape index (κ1) is 13.0. The molecule has 98 valence electrons. The highest BCUT2D eigenvalue weighted by Gasteiger charge is 2.11. The molecule has 0 saturated heterocycles. The average molecular weight is 246 g/mol. The Bertz CT molecular complexity index is 531. The number of aromatic amines is 1. The van der Waals surface area contributed by atoms with Crippen LogP contribution in [-0.2, 0) is 6.42 Å². The number of fused-ring (bicyclic) bond motifs is 1. The van der Waals surface area contributed by atoms with Crippen LogP contribution in [0, 0.1) is 6.92 Å². The lowest BCUT2D eigenvalue weighted by atomic mass is 10.1. The van der Waals surface area contributed by atoms with Gasteiger partial charge >= 0.3 is 0 Å². The second kappa shape index (κ2) is 5.44. The Balaban J connectivity index is 2.36. The third-order valence-electron chi connectivity index (χ3n) is 3.58. The van der Waals surface area contributed by atoms with Crippen LogP contribution in [0.5, 0.6) is 5.75 Å². The molecule has 3 heteroatoms. The first-order valence-electron chi connectivity index (χ1n) is 6.49. The molecule has 2 rings (SSSR count). The van der Waals surface area contributed by atoms with Gasteiger partial charge in [-0.15, -0.1) is 0 Å². The van der Waals surface area contributed by atoms with E-state index in [0.717, 1.165) is 30.8 Å². The van der Waals surface area contributed by atoms with E-state index in [-0.39, 0.29) is 0 Å². The van der Waals surface area contributed by atoms with Gasteiger partial charge in [-0.1, -0.05) is 13.0 Å². The van der Waals surface area contributed by atoms with E-state index in [9.17, 15) is 0 Å². The molecule has 2 aromatic rings. The van der Waals surface area contributed by atoms with Crippen LogP contribution in [-0.4, -0.2) is 37.1 Å². The number of ether oxygens (including phenoxy) is 1. The zero-order valence-electron chi connectivity index (χ0n) is 11.7. The maximum absolute atomic E-state index is 5.56. The molecule has 1 aromatic heterocycles. The fourth-order valence-corrected chi connectivity index (χ4v) is 2.29. The SMILES string of the molecule is CCN(C)CCc1c[nH]c2ccc(C)c(OC)c12. The van der Waals surface area contributed by atoms with Gasteiger partial charge in [-0.05, 0) is 44.1 Å². The Morgan fingerprint density at radius 3 is 2.78 bits per heavy atom. The molecule has 0 aliphatic rings. The molecule has 1 aromatic carbocycles. The summed E-state index contributed by atoms with van der Waals surface area (Å²) in [5, 5.41) is 1.24. The van der Waals surface area contributed by atoms with Gasteiger partial charge < -0.3 is 14.6 Å². The van der Waals surface area contributed by atoms with Crippen molar-refractivity contribution < 1.29 is 4.74 Å². The van der Waals surface area contributed by atoms with Gasteiger partial charge in [-0.2, -0.15) is 0 Å². The first-order chi connectivity index (χ1) is 8.67. The third kappa shape index (κ3) is 2.36. The largest absolute Gasteiger partial charge is 0.496 e. The number of benzene rings is 1. The molecule has 0 aliphatic heterocycles. The van der Waals surface area contributed by atoms with Gasteiger partial charge in [0.2, 0.25) is 0 Å². The summed E-state index contributed by atoms with van der Waals surface area (Å²) < 4.78 is 5.56. The average Bonchev–Trinajstić information content (AvgIpc) is 2.79. The molecular formula is C15H22N2O. The van der Waals surface area contributed by atoms with E-state index in [1.165, 1.54) is 16.5 Å². The zero-order valence-corrected chi connectivity index (χ0v) is 11.7. The number of likely N-dealkylation sites (N-methyl/N-ethyl adjacent to an activating group) is 1. The van der Waals surface area contributed by atoms with Crippen LogP contribution in [0.2, 0.25) is 0 Å². The van der Waals surface area contributed by atoms with E-state index in [4.69, 9.17) is 4.74 Å². The van der Waals surface area contributed by atoms with Gasteiger partial charge in [0.15, 0.2) is 0 Å². The highest BCUT2D eigenvalue weighted by molar-refractivity contribution is 5.90. The second-order valence-electron chi connectivity index (χ2n) is 4.80. The Kier molecular flexibility index (Phi) is 3.92. The van der Waals surface area contributed by atoms with Gasteiger partial charge in [0, 0.05) is 23.6 Å². The molecule has 1 N–H and O–H groups in total. The van der Waals surface area contributed by atoms with Crippen molar-refractivity contribution in [3.8, 4) is 5.75 Å². The summed E-state index contributed by atoms with van der Waals surface area (Å²) in [7, 11) is 3.90. The van der Waals surface area contributed by atoms with Crippen molar-refractivity contribution >= 4 is 10.9 Å². The predicted molar refractivity (Wildman–Crippen MR) is 76.5 cm³/mol. The van der Waals surface area contributed by atoms with E-state index in [1.54, 1.807) is 7.11 Å². The van der Waals surface area contributed by atoms with Crippen molar-refractivity contribution in [2.45, 2.75) is 20.3 Å². The van der Waals surface area contributed by atoms with Gasteiger partial charge in [0.05, 0.1) is 7.11 Å². The first-order valence-corrected chi connectivity index (χ1v) is 6.49. The lowest BCUT2D eigenvalue weighted by Crippen LogP contribution is -2.20. The number of aryl methyl sites for hydroxylation is 1. The molecule has 1 heterocycles. The monoisotopic (exact) mass is 246 g/mol. The number of hydrogen-bond donors (Lipinski definition) is 1. The van der Waals surface area contributed by atoms with Crippen LogP contribution < -0.4 is 4.74 Å². The maximum Gasteiger partial charge on any atom is 0.131 e. The highest BCUT2D eigenvalue weighted by atomic mass is 16.5. The number of nitrogens with one attached hydrogen (secondary N) is 1. The minimum Gasteiger partial charge on any atom is -0.496 e. The Hall–Kier alpha value is -1.48. The zero-order chi connectivity index (χ0) is 13.1. The molecule has 0 amide bonds. The Labute approximate surface area is 109 Å². The molecular weight excluding hydrogens is 224 g/mol. The van der Waals surface area contributed by atoms with E-state index in [2.05, 4.69) is 49.1 Å². The summed E-state index contributed by atoms with van der Waals surface area (Å²) in [5.74, 6) is 1.00. The van der Waals surface area contributed by atoms with Gasteiger partial charge in [0.25, 0.3) is 0 Å². The number of rotatable bonds is 5. The van der Waals surface area contributed by atoms with E-state index < -0.39 is 0 Å². The van der Waals surface area contributed by atoms with Gasteiger partial charge in [-0.25, -0.2) is 0 Å². The Morgan fingerprint density at radius 1 is 1.33 bits per heavy atom. The van der Waals surface area contributed by atoms with E-state index >= 15 is 0 Å². The normalized spacial score (nSPS) is 11.4. The summed E-state index contributed by atoms with van der Waals surface area (Å²) in [5.41, 5.74) is 3.69. The molecule has 18 heavy (non-hydrogen) atoms. The van der Waals surface area contributed by atoms with Gasteiger partial charge in [-0.3, -0.25) is 0 Å². The predicted octanol–water partition coefficient (Wildman–Crippen LogP) is 2.98. The van der Waals surface area contributed by atoms with E-state index in [1.807, 2.05) is 0 Å². The van der Waals surface area contributed by atoms with Crippen molar-refractivity contribution in [3.63, 3.8) is 0 Å². The quantitative estimate of drug-likeness (QED) is 0.878. The fraction of sp³-hybridized carbons (Fsp3) is 0.467. The molecule has 0 saturated carbocycles. The smallest absolute Gasteiger partial charge is 0.131 e. The molecule has 0 bridgehead atoms. The molecule has 0 spiro atoms. The van der Waals surface area contributed by atoms with Crippen LogP contribution >= 0.6 is 0 Å². The number of H-pyrrole nitrogens is 1. The van der Waals surface area contributed by atoms with Crippen LogP contribution in [0.25, 0.3) is 10.9 Å². The van der Waals surface area contributed by atoms with Crippen molar-refractivity contribution in [1.29, 1.82) is 0 Å². The standard InChI is InChI=1S/C15H22N2O/c1-5-17(3)9-8-12-10-16-13-7-6-11(2)15(18-4)14(12)13/h6-7,10,16H,5,8-9H2,1-4H3. The molecule has 0 radical (unpaired) electrons. The van der Waals surface area contributed by atoms with Crippen LogP contribution in [0.15, 0.2) is 18.3 Å². The summed E-state index contributed by atoms with van der Waals surface area (Å²) in [4.78, 5) is 5.65. The summed E-state index contributed by atoms with van der Waals surface area (Å²) in [6.45, 7) is 6.42. The van der Waals surface area contributed by atoms with Crippen molar-refractivity contribution in [3.05, 3.63) is 29.5 Å². The van der Waals surface area contributed by atoms with E-state index in [0.29, 0.717) is 0 Å². The highest BCUT2D eigenvalue weighted by Crippen LogP contribution is 2.32. The molecule has 0 aliphatic carbocycles. The number of methoxy groups -OCH3 is 1. The third-order valence-corrected chi connectivity index (χ3v) is 3.58. The minimum absolute atomic E-state index is 1.00. The van der Waals surface area contributed by atoms with Crippen molar-refractivity contribution in [2.24, 2.45) is 0 Å². The van der Waals surface area contributed by atoms with Crippen LogP contribution in [0.4, 0.5) is 0 Å². The number of nitrogens with zero attached hydrogens (tertiary/aromatic N) is 1. The minimum atomic E-state index is 1.00. The molecule has 3 nitrogen and oxygen atoms in total. The molecule has 0 fully saturated rings. The Morgan fingerprint density at radius 2 is 2.11 bits per heavy atom. The summed E-state index contributed by atoms with van der Waals surface area (Å²) >= 11 is 0. The molecule has 0 atom stereocenters. The topological polar surface area (TPSA) is 28.3 Å². The number of aromatic nitrogens is 1. The maximum atomic E-state index is 5.56. The summed E-state index contributed by atoms with van der Waals surface area (Å²) in [6.07, 6.45) is 3.15. The lowest BCUT2D eigenvalue weighted by Gasteiger charge is -2.13. The fourth-order valence-electron chi connectivity index (χ4n) is 2.29. The number of hydrogen-bond acceptors (Lipinski definition) is 2.